The molecule has 7 heteroatoms. The van der Waals surface area contributed by atoms with E-state index in [1.165, 1.54) is 35.0 Å². The zero-order chi connectivity index (χ0) is 20.1. The first-order chi connectivity index (χ1) is 13.4. The van der Waals surface area contributed by atoms with Crippen LogP contribution >= 0.6 is 0 Å². The van der Waals surface area contributed by atoms with E-state index in [4.69, 9.17) is 0 Å². The Morgan fingerprint density at radius 3 is 2.25 bits per heavy atom. The highest BCUT2D eigenvalue weighted by Gasteiger charge is 2.28. The lowest BCUT2D eigenvalue weighted by atomic mass is 10.1. The summed E-state index contributed by atoms with van der Waals surface area (Å²) in [4.78, 5) is 2.31. The molecule has 1 fully saturated rings. The van der Waals surface area contributed by atoms with Crippen molar-refractivity contribution >= 4 is 15.7 Å². The van der Waals surface area contributed by atoms with E-state index in [2.05, 4.69) is 4.90 Å². The molecule has 0 amide bonds. The van der Waals surface area contributed by atoms with Gasteiger partial charge in [0.15, 0.2) is 0 Å². The van der Waals surface area contributed by atoms with Gasteiger partial charge in [0.25, 0.3) is 10.0 Å². The van der Waals surface area contributed by atoms with Gasteiger partial charge in [-0.15, -0.1) is 0 Å². The van der Waals surface area contributed by atoms with Crippen molar-refractivity contribution < 1.29 is 17.9 Å². The molecule has 0 aliphatic carbocycles. The number of nitrogens with zero attached hydrogens (tertiary/aromatic N) is 2. The number of hydrogen-bond acceptors (Lipinski definition) is 4. The number of likely N-dealkylation sites (tertiary alicyclic amines) is 1. The SMILES string of the molecule is Cc1ccc(S(=O)(=O)N(C[C@H](O)CN2CCCCC2)c2ccc(F)cc2)cc1. The van der Waals surface area contributed by atoms with Crippen molar-refractivity contribution in [1.29, 1.82) is 0 Å². The van der Waals surface area contributed by atoms with Crippen LogP contribution in [0.5, 0.6) is 0 Å². The van der Waals surface area contributed by atoms with Crippen molar-refractivity contribution in [3.05, 3.63) is 59.9 Å². The zero-order valence-electron chi connectivity index (χ0n) is 16.1. The third kappa shape index (κ3) is 5.10. The molecule has 0 aromatic heterocycles. The van der Waals surface area contributed by atoms with Gasteiger partial charge < -0.3 is 10.0 Å². The van der Waals surface area contributed by atoms with Crippen LogP contribution in [0.2, 0.25) is 0 Å². The number of anilines is 1. The van der Waals surface area contributed by atoms with Gasteiger partial charge in [0.2, 0.25) is 0 Å². The van der Waals surface area contributed by atoms with Gasteiger partial charge in [-0.25, -0.2) is 12.8 Å². The molecule has 1 aliphatic rings. The summed E-state index contributed by atoms with van der Waals surface area (Å²) >= 11 is 0. The minimum Gasteiger partial charge on any atom is -0.390 e. The number of β-amino-alcohol motifs (C(OH)–C–C–N with tert-alkyl or cyclic N) is 1. The van der Waals surface area contributed by atoms with Gasteiger partial charge >= 0.3 is 0 Å². The van der Waals surface area contributed by atoms with Crippen molar-refractivity contribution in [3.63, 3.8) is 0 Å². The van der Waals surface area contributed by atoms with Crippen LogP contribution in [0.25, 0.3) is 0 Å². The summed E-state index contributed by atoms with van der Waals surface area (Å²) in [5.74, 6) is -0.440. The second-order valence-electron chi connectivity index (χ2n) is 7.34. The van der Waals surface area contributed by atoms with Gasteiger partial charge in [-0.1, -0.05) is 24.1 Å². The molecule has 1 atom stereocenters. The molecule has 0 unspecified atom stereocenters. The van der Waals surface area contributed by atoms with Crippen LogP contribution in [0.1, 0.15) is 24.8 Å². The summed E-state index contributed by atoms with van der Waals surface area (Å²) in [7, 11) is -3.89. The minimum absolute atomic E-state index is 0.0850. The normalized spacial score (nSPS) is 16.7. The molecule has 1 heterocycles. The Morgan fingerprint density at radius 2 is 1.64 bits per heavy atom. The molecule has 0 saturated carbocycles. The Balaban J connectivity index is 1.86. The van der Waals surface area contributed by atoms with Crippen molar-refractivity contribution in [2.45, 2.75) is 37.2 Å². The van der Waals surface area contributed by atoms with Crippen molar-refractivity contribution in [1.82, 2.24) is 4.90 Å². The molecular formula is C21H27FN2O3S. The lowest BCUT2D eigenvalue weighted by Gasteiger charge is -2.31. The molecule has 1 N–H and O–H groups in total. The lowest BCUT2D eigenvalue weighted by molar-refractivity contribution is 0.107. The number of piperidine rings is 1. The maximum atomic E-state index is 13.4. The highest BCUT2D eigenvalue weighted by Crippen LogP contribution is 2.25. The summed E-state index contributed by atoms with van der Waals surface area (Å²) in [6.07, 6.45) is 2.53. The number of aliphatic hydroxyl groups is 1. The minimum atomic E-state index is -3.89. The number of sulfonamides is 1. The summed E-state index contributed by atoms with van der Waals surface area (Å²) in [5.41, 5.74) is 1.29. The van der Waals surface area contributed by atoms with Crippen LogP contribution in [0, 0.1) is 12.7 Å². The highest BCUT2D eigenvalue weighted by molar-refractivity contribution is 7.92. The second kappa shape index (κ2) is 9.03. The molecule has 5 nitrogen and oxygen atoms in total. The highest BCUT2D eigenvalue weighted by atomic mass is 32.2. The summed E-state index contributed by atoms with van der Waals surface area (Å²) in [6.45, 7) is 4.05. The predicted molar refractivity (Wildman–Crippen MR) is 108 cm³/mol. The van der Waals surface area contributed by atoms with Gasteiger partial charge in [0.1, 0.15) is 5.82 Å². The fourth-order valence-corrected chi connectivity index (χ4v) is 4.98. The molecule has 0 spiro atoms. The molecule has 1 saturated heterocycles. The van der Waals surface area contributed by atoms with Gasteiger partial charge in [-0.3, -0.25) is 4.31 Å². The standard InChI is InChI=1S/C21H27FN2O3S/c1-17-5-11-21(12-6-17)28(26,27)24(19-9-7-18(22)8-10-19)16-20(25)15-23-13-3-2-4-14-23/h5-12,20,25H,2-4,13-16H2,1H3/t20-/m1/s1. The van der Waals surface area contributed by atoms with Crippen LogP contribution in [-0.2, 0) is 10.0 Å². The van der Waals surface area contributed by atoms with Crippen LogP contribution in [0.4, 0.5) is 10.1 Å². The van der Waals surface area contributed by atoms with E-state index < -0.39 is 21.9 Å². The maximum Gasteiger partial charge on any atom is 0.264 e. The number of benzene rings is 2. The molecule has 1 aliphatic heterocycles. The Hall–Kier alpha value is -1.96. The average Bonchev–Trinajstić information content (AvgIpc) is 2.68. The van der Waals surface area contributed by atoms with Gasteiger partial charge in [-0.05, 0) is 69.3 Å². The predicted octanol–water partition coefficient (Wildman–Crippen LogP) is 3.18. The number of rotatable bonds is 7. The largest absolute Gasteiger partial charge is 0.390 e. The maximum absolute atomic E-state index is 13.4. The molecular weight excluding hydrogens is 379 g/mol. The molecule has 2 aromatic carbocycles. The Kier molecular flexibility index (Phi) is 6.69. The second-order valence-corrected chi connectivity index (χ2v) is 9.20. The molecule has 0 radical (unpaired) electrons. The quantitative estimate of drug-likeness (QED) is 0.767. The fourth-order valence-electron chi connectivity index (χ4n) is 3.48. The van der Waals surface area contributed by atoms with Gasteiger partial charge in [0, 0.05) is 6.54 Å². The van der Waals surface area contributed by atoms with Crippen molar-refractivity contribution in [2.75, 3.05) is 30.5 Å². The number of aryl methyl sites for hydroxylation is 1. The first kappa shape index (κ1) is 20.8. The smallest absolute Gasteiger partial charge is 0.264 e. The Bertz CT molecular complexity index is 864. The van der Waals surface area contributed by atoms with E-state index in [-0.39, 0.29) is 11.4 Å². The first-order valence-electron chi connectivity index (χ1n) is 9.61. The monoisotopic (exact) mass is 406 g/mol. The molecule has 152 valence electrons. The van der Waals surface area contributed by atoms with Crippen LogP contribution in [0.15, 0.2) is 53.4 Å². The van der Waals surface area contributed by atoms with E-state index in [0.717, 1.165) is 31.5 Å². The Morgan fingerprint density at radius 1 is 1.04 bits per heavy atom. The van der Waals surface area contributed by atoms with Crippen LogP contribution in [0.3, 0.4) is 0 Å². The molecule has 28 heavy (non-hydrogen) atoms. The van der Waals surface area contributed by atoms with Crippen molar-refractivity contribution in [3.8, 4) is 0 Å². The van der Waals surface area contributed by atoms with Crippen LogP contribution < -0.4 is 4.31 Å². The number of aliphatic hydroxyl groups excluding tert-OH is 1. The summed E-state index contributed by atoms with van der Waals surface area (Å²) in [6, 6.07) is 11.9. The number of hydrogen-bond donors (Lipinski definition) is 1. The van der Waals surface area contributed by atoms with E-state index >= 15 is 0 Å². The molecule has 2 aromatic rings. The zero-order valence-corrected chi connectivity index (χ0v) is 16.9. The molecule has 0 bridgehead atoms. The molecule has 3 rings (SSSR count). The van der Waals surface area contributed by atoms with Crippen LogP contribution in [-0.4, -0.2) is 50.7 Å². The van der Waals surface area contributed by atoms with E-state index in [9.17, 15) is 17.9 Å². The first-order valence-corrected chi connectivity index (χ1v) is 11.1. The fraction of sp³-hybridized carbons (Fsp3) is 0.429. The van der Waals surface area contributed by atoms with E-state index in [0.29, 0.717) is 12.2 Å². The Labute approximate surface area is 166 Å². The number of halogens is 1. The van der Waals surface area contributed by atoms with Crippen molar-refractivity contribution in [2.24, 2.45) is 0 Å². The van der Waals surface area contributed by atoms with E-state index in [1.807, 2.05) is 6.92 Å². The van der Waals surface area contributed by atoms with Gasteiger partial charge in [0.05, 0.1) is 23.2 Å². The van der Waals surface area contributed by atoms with E-state index in [1.54, 1.807) is 24.3 Å². The third-order valence-electron chi connectivity index (χ3n) is 5.02. The summed E-state index contributed by atoms with van der Waals surface area (Å²) in [5, 5.41) is 10.6. The van der Waals surface area contributed by atoms with Gasteiger partial charge in [-0.2, -0.15) is 0 Å². The average molecular weight is 407 g/mol. The third-order valence-corrected chi connectivity index (χ3v) is 6.83. The lowest BCUT2D eigenvalue weighted by Crippen LogP contribution is -2.44. The topological polar surface area (TPSA) is 60.9 Å². The summed E-state index contributed by atoms with van der Waals surface area (Å²) < 4.78 is 41.1.